The van der Waals surface area contributed by atoms with Crippen LogP contribution in [-0.4, -0.2) is 56.1 Å². The fraction of sp³-hybridized carbons (Fsp3) is 0.318. The van der Waals surface area contributed by atoms with E-state index in [1.807, 2.05) is 0 Å². The van der Waals surface area contributed by atoms with Gasteiger partial charge in [0.2, 0.25) is 0 Å². The molecule has 0 atom stereocenters. The lowest BCUT2D eigenvalue weighted by Crippen LogP contribution is -2.32. The molecule has 11 heteroatoms. The number of amides is 2. The van der Waals surface area contributed by atoms with Crippen LogP contribution in [0.25, 0.3) is 0 Å². The fourth-order valence-electron chi connectivity index (χ4n) is 2.65. The Morgan fingerprint density at radius 3 is 2.18 bits per heavy atom. The number of thiophene rings is 1. The van der Waals surface area contributed by atoms with Crippen molar-refractivity contribution in [2.45, 2.75) is 20.8 Å². The van der Waals surface area contributed by atoms with Gasteiger partial charge < -0.3 is 24.8 Å². The Labute approximate surface area is 194 Å². The lowest BCUT2D eigenvalue weighted by Gasteiger charge is -2.08. The minimum Gasteiger partial charge on any atom is -0.462 e. The molecule has 2 N–H and O–H groups in total. The highest BCUT2D eigenvalue weighted by molar-refractivity contribution is 7.18. The molecule has 1 aromatic carbocycles. The van der Waals surface area contributed by atoms with Gasteiger partial charge in [-0.1, -0.05) is 18.2 Å². The molecule has 0 aliphatic carbocycles. The molecule has 33 heavy (non-hydrogen) atoms. The average molecular weight is 477 g/mol. The highest BCUT2D eigenvalue weighted by Crippen LogP contribution is 2.34. The molecular formula is C22H24N2O8S. The van der Waals surface area contributed by atoms with E-state index in [-0.39, 0.29) is 28.7 Å². The number of carbonyl (C=O) groups is 5. The van der Waals surface area contributed by atoms with Gasteiger partial charge in [0.15, 0.2) is 6.61 Å². The molecule has 0 radical (unpaired) electrons. The highest BCUT2D eigenvalue weighted by atomic mass is 32.1. The number of hydrogen-bond acceptors (Lipinski definition) is 9. The number of anilines is 1. The summed E-state index contributed by atoms with van der Waals surface area (Å²) < 4.78 is 14.9. The number of rotatable bonds is 10. The van der Waals surface area contributed by atoms with E-state index in [1.165, 1.54) is 0 Å². The van der Waals surface area contributed by atoms with E-state index in [9.17, 15) is 24.0 Å². The second kappa shape index (κ2) is 12.3. The van der Waals surface area contributed by atoms with E-state index in [4.69, 9.17) is 14.2 Å². The Morgan fingerprint density at radius 2 is 1.55 bits per heavy atom. The van der Waals surface area contributed by atoms with Crippen LogP contribution in [0, 0.1) is 6.92 Å². The molecule has 176 valence electrons. The maximum atomic E-state index is 12.3. The van der Waals surface area contributed by atoms with Gasteiger partial charge in [0.05, 0.1) is 18.8 Å². The van der Waals surface area contributed by atoms with Gasteiger partial charge in [0, 0.05) is 5.56 Å². The Kier molecular flexibility index (Phi) is 9.55. The summed E-state index contributed by atoms with van der Waals surface area (Å²) in [5.74, 6) is -3.37. The van der Waals surface area contributed by atoms with Crippen LogP contribution in [-0.2, 0) is 23.8 Å². The SMILES string of the molecule is CCOC(=O)c1sc(NC(=O)COC(=O)CNC(=O)c2ccccc2)c(C(=O)OCC)c1C. The normalized spacial score (nSPS) is 10.2. The van der Waals surface area contributed by atoms with Crippen molar-refractivity contribution in [2.24, 2.45) is 0 Å². The van der Waals surface area contributed by atoms with Gasteiger partial charge in [-0.15, -0.1) is 11.3 Å². The van der Waals surface area contributed by atoms with Crippen molar-refractivity contribution in [3.8, 4) is 0 Å². The summed E-state index contributed by atoms with van der Waals surface area (Å²) in [6.45, 7) is 3.97. The van der Waals surface area contributed by atoms with Gasteiger partial charge >= 0.3 is 17.9 Å². The largest absolute Gasteiger partial charge is 0.462 e. The molecule has 0 spiro atoms. The van der Waals surface area contributed by atoms with E-state index in [0.29, 0.717) is 11.1 Å². The van der Waals surface area contributed by atoms with Gasteiger partial charge in [-0.05, 0) is 38.5 Å². The topological polar surface area (TPSA) is 137 Å². The zero-order valence-corrected chi connectivity index (χ0v) is 19.2. The number of hydrogen-bond donors (Lipinski definition) is 2. The smallest absolute Gasteiger partial charge is 0.348 e. The zero-order valence-electron chi connectivity index (χ0n) is 18.4. The molecule has 2 aromatic rings. The summed E-state index contributed by atoms with van der Waals surface area (Å²) in [6.07, 6.45) is 0. The molecule has 0 aliphatic heterocycles. The third kappa shape index (κ3) is 7.14. The minimum atomic E-state index is -0.824. The van der Waals surface area contributed by atoms with Crippen LogP contribution in [0.15, 0.2) is 30.3 Å². The second-order valence-corrected chi connectivity index (χ2v) is 7.48. The summed E-state index contributed by atoms with van der Waals surface area (Å²) in [6, 6.07) is 8.29. The number of ether oxygens (including phenoxy) is 3. The van der Waals surface area contributed by atoms with Crippen molar-refractivity contribution in [1.29, 1.82) is 0 Å². The summed E-state index contributed by atoms with van der Waals surface area (Å²) >= 11 is 0.858. The van der Waals surface area contributed by atoms with Gasteiger partial charge in [-0.3, -0.25) is 14.4 Å². The van der Waals surface area contributed by atoms with Crippen LogP contribution >= 0.6 is 11.3 Å². The molecule has 0 bridgehead atoms. The van der Waals surface area contributed by atoms with Crippen LogP contribution in [0.4, 0.5) is 5.00 Å². The second-order valence-electron chi connectivity index (χ2n) is 6.46. The summed E-state index contributed by atoms with van der Waals surface area (Å²) in [5, 5.41) is 4.93. The standard InChI is InChI=1S/C22H24N2O8S/c1-4-30-21(28)17-13(3)18(22(29)31-5-2)33-20(17)24-15(25)12-32-16(26)11-23-19(27)14-9-7-6-8-10-14/h6-10H,4-5,11-12H2,1-3H3,(H,23,27)(H,24,25). The number of carbonyl (C=O) groups excluding carboxylic acids is 5. The Hall–Kier alpha value is -3.73. The third-order valence-electron chi connectivity index (χ3n) is 4.13. The first kappa shape index (κ1) is 25.5. The van der Waals surface area contributed by atoms with Crippen molar-refractivity contribution in [3.05, 3.63) is 51.9 Å². The fourth-order valence-corrected chi connectivity index (χ4v) is 3.75. The Morgan fingerprint density at radius 1 is 0.909 bits per heavy atom. The molecule has 0 saturated carbocycles. The summed E-state index contributed by atoms with van der Waals surface area (Å²) in [5.41, 5.74) is 0.715. The summed E-state index contributed by atoms with van der Waals surface area (Å²) in [4.78, 5) is 60.8. The van der Waals surface area contributed by atoms with Crippen molar-refractivity contribution in [1.82, 2.24) is 5.32 Å². The third-order valence-corrected chi connectivity index (χ3v) is 5.32. The number of nitrogens with one attached hydrogen (secondary N) is 2. The lowest BCUT2D eigenvalue weighted by atomic mass is 10.1. The van der Waals surface area contributed by atoms with Crippen LogP contribution in [0.5, 0.6) is 0 Å². The molecule has 0 unspecified atom stereocenters. The van der Waals surface area contributed by atoms with Crippen LogP contribution in [0.2, 0.25) is 0 Å². The Balaban J connectivity index is 1.98. The van der Waals surface area contributed by atoms with E-state index >= 15 is 0 Å². The van der Waals surface area contributed by atoms with E-state index in [0.717, 1.165) is 11.3 Å². The minimum absolute atomic E-state index is 0.0275. The maximum Gasteiger partial charge on any atom is 0.348 e. The van der Waals surface area contributed by atoms with Gasteiger partial charge in [0.1, 0.15) is 16.4 Å². The van der Waals surface area contributed by atoms with E-state index < -0.39 is 42.9 Å². The van der Waals surface area contributed by atoms with Gasteiger partial charge in [-0.2, -0.15) is 0 Å². The molecular weight excluding hydrogens is 452 g/mol. The predicted molar refractivity (Wildman–Crippen MR) is 119 cm³/mol. The van der Waals surface area contributed by atoms with Crippen LogP contribution in [0.3, 0.4) is 0 Å². The van der Waals surface area contributed by atoms with Gasteiger partial charge in [0.25, 0.3) is 11.8 Å². The number of esters is 3. The highest BCUT2D eigenvalue weighted by Gasteiger charge is 2.27. The van der Waals surface area contributed by atoms with Crippen molar-refractivity contribution in [3.63, 3.8) is 0 Å². The average Bonchev–Trinajstić information content (AvgIpc) is 3.12. The molecule has 1 heterocycles. The first-order chi connectivity index (χ1) is 15.8. The zero-order chi connectivity index (χ0) is 24.4. The molecule has 0 aliphatic rings. The maximum absolute atomic E-state index is 12.3. The molecule has 0 saturated heterocycles. The van der Waals surface area contributed by atoms with E-state index in [1.54, 1.807) is 51.1 Å². The van der Waals surface area contributed by atoms with Crippen LogP contribution < -0.4 is 10.6 Å². The van der Waals surface area contributed by atoms with Gasteiger partial charge in [-0.25, -0.2) is 9.59 Å². The molecule has 0 fully saturated rings. The first-order valence-corrected chi connectivity index (χ1v) is 10.9. The quantitative estimate of drug-likeness (QED) is 0.394. The molecule has 2 rings (SSSR count). The predicted octanol–water partition coefficient (Wildman–Crippen LogP) is 2.32. The van der Waals surface area contributed by atoms with Crippen molar-refractivity contribution < 1.29 is 38.2 Å². The lowest BCUT2D eigenvalue weighted by molar-refractivity contribution is -0.146. The number of benzene rings is 1. The summed E-state index contributed by atoms with van der Waals surface area (Å²) in [7, 11) is 0. The molecule has 2 amide bonds. The van der Waals surface area contributed by atoms with Crippen molar-refractivity contribution >= 4 is 46.1 Å². The first-order valence-electron chi connectivity index (χ1n) is 10.0. The molecule has 1 aromatic heterocycles. The van der Waals surface area contributed by atoms with Crippen LogP contribution in [0.1, 0.15) is 49.8 Å². The van der Waals surface area contributed by atoms with Crippen molar-refractivity contribution in [2.75, 3.05) is 31.7 Å². The molecule has 10 nitrogen and oxygen atoms in total. The van der Waals surface area contributed by atoms with E-state index in [2.05, 4.69) is 10.6 Å². The monoisotopic (exact) mass is 476 g/mol. The Bertz CT molecular complexity index is 1030.